The van der Waals surface area contributed by atoms with Crippen molar-refractivity contribution in [2.24, 2.45) is 5.92 Å². The van der Waals surface area contributed by atoms with Crippen LogP contribution >= 0.6 is 65.2 Å². The van der Waals surface area contributed by atoms with E-state index in [-0.39, 0.29) is 82.9 Å². The zero-order valence-electron chi connectivity index (χ0n) is 47.7. The van der Waals surface area contributed by atoms with Gasteiger partial charge in [-0.25, -0.2) is 24.0 Å². The zero-order valence-corrected chi connectivity index (χ0v) is 56.8. The molecule has 0 saturated heterocycles. The molecule has 0 aromatic heterocycles. The van der Waals surface area contributed by atoms with E-state index in [0.29, 0.717) is 59.9 Å². The van der Waals surface area contributed by atoms with Gasteiger partial charge in [0.1, 0.15) is 17.2 Å². The van der Waals surface area contributed by atoms with E-state index in [0.717, 1.165) is 34.2 Å². The summed E-state index contributed by atoms with van der Waals surface area (Å²) >= 11 is 23.1. The fourth-order valence-corrected chi connectivity index (χ4v) is 7.25. The molecule has 0 bridgehead atoms. The van der Waals surface area contributed by atoms with Gasteiger partial charge in [0.25, 0.3) is 0 Å². The molecule has 1 aliphatic rings. The summed E-state index contributed by atoms with van der Waals surface area (Å²) in [5.74, 6) is -5.39. The Kier molecular flexibility index (Phi) is 49.7. The van der Waals surface area contributed by atoms with Crippen molar-refractivity contribution < 1.29 is 121 Å². The summed E-state index contributed by atoms with van der Waals surface area (Å²) in [6.45, 7) is 6.41. The number of carboxylic acid groups (broad SMARTS) is 5. The van der Waals surface area contributed by atoms with Crippen LogP contribution in [0.4, 0.5) is 0 Å². The van der Waals surface area contributed by atoms with Crippen LogP contribution in [-0.4, -0.2) is 104 Å². The number of carboxylic acids is 5. The number of aliphatic carboxylic acids is 5. The Balaban J connectivity index is -0.000000538. The van der Waals surface area contributed by atoms with Gasteiger partial charge in [-0.3, -0.25) is 14.4 Å². The van der Waals surface area contributed by atoms with Gasteiger partial charge in [-0.05, 0) is 151 Å². The quantitative estimate of drug-likeness (QED) is 0.0231. The molecule has 498 valence electrons. The van der Waals surface area contributed by atoms with Gasteiger partial charge in [-0.15, -0.1) is 0 Å². The number of hydrogen-bond acceptors (Lipinski definition) is 11. The van der Waals surface area contributed by atoms with Gasteiger partial charge in [0.05, 0.1) is 10.0 Å². The molecule has 20 nitrogen and oxygen atoms in total. The first kappa shape index (κ1) is 90.7. The van der Waals surface area contributed by atoms with E-state index in [1.807, 2.05) is 13.8 Å². The van der Waals surface area contributed by atoms with Gasteiger partial charge in [-0.2, -0.15) is 12.0 Å². The first-order valence-electron chi connectivity index (χ1n) is 25.0. The molecular formula is C63H67Cl6N3O17Pt2. The van der Waals surface area contributed by atoms with Crippen molar-refractivity contribution in [3.63, 3.8) is 0 Å². The Morgan fingerprint density at radius 3 is 1.00 bits per heavy atom. The predicted octanol–water partition coefficient (Wildman–Crippen LogP) is 16.6. The second-order valence-electron chi connectivity index (χ2n) is 17.7. The molecule has 6 aromatic rings. The largest absolute Gasteiger partial charge is 2.00 e. The maximum atomic E-state index is 12.1. The Morgan fingerprint density at radius 1 is 0.495 bits per heavy atom. The molecule has 7 rings (SSSR count). The maximum Gasteiger partial charge on any atom is 2.00 e. The number of allylic oxidation sites excluding steroid dienone is 3. The van der Waals surface area contributed by atoms with Crippen LogP contribution in [0, 0.1) is 26.7 Å². The smallest absolute Gasteiger partial charge is 0.693 e. The van der Waals surface area contributed by atoms with Crippen molar-refractivity contribution in [1.29, 1.82) is 0 Å². The fourth-order valence-electron chi connectivity index (χ4n) is 6.72. The molecule has 6 aromatic carbocycles. The second kappa shape index (κ2) is 49.9. The van der Waals surface area contributed by atoms with Crippen molar-refractivity contribution in [1.82, 2.24) is 0 Å². The molecule has 1 saturated carbocycles. The molecule has 28 heteroatoms. The van der Waals surface area contributed by atoms with E-state index in [2.05, 4.69) is 6.92 Å². The third-order valence-corrected chi connectivity index (χ3v) is 12.8. The number of hydrogen-bond donors (Lipinski definition) is 5. The van der Waals surface area contributed by atoms with Crippen LogP contribution in [0.3, 0.4) is 0 Å². The summed E-state index contributed by atoms with van der Waals surface area (Å²) in [4.78, 5) is 85.7. The van der Waals surface area contributed by atoms with Gasteiger partial charge in [-0.1, -0.05) is 134 Å². The summed E-state index contributed by atoms with van der Waals surface area (Å²) in [5.41, 5.74) is 13.1. The van der Waals surface area contributed by atoms with Crippen LogP contribution in [0.5, 0.6) is 17.2 Å². The second-order valence-corrected chi connectivity index (χ2v) is 22.6. The summed E-state index contributed by atoms with van der Waals surface area (Å²) < 4.78 is 15.1. The molecular weight excluding hydrogens is 1670 g/mol. The van der Waals surface area contributed by atoms with E-state index in [1.54, 1.807) is 140 Å². The van der Waals surface area contributed by atoms with Gasteiger partial charge in [0.2, 0.25) is 0 Å². The van der Waals surface area contributed by atoms with E-state index >= 15 is 0 Å². The van der Waals surface area contributed by atoms with Crippen LogP contribution in [-0.2, 0) is 61.5 Å². The standard InChI is InChI=1S/2C18H15ClO4.C17H12Cl2O4.C7H13N.C2H2O4.CH4.2ClH.2H2N.H2O.2Pt/c2*1-12-10-14(5-8-16(12)19)17(20)9-4-13-2-6-15(7-3-13)23-11-18(21)22;18-14-7-4-12(9-15(14)19)16(20)8-3-11-1-5-13(6-2-11)23-10-17(21)22;1-6-4-2-3-5-7(6)8;3-1(4)2(5)6;;;;;;;;/h2*2-10H,11H2,1H3,(H,21,22);1-9H,10H2,(H,21,22);6-8H,1-5H2;(H,3,4)(H,5,6);1H4;2*1H;3*1H2;;/q;;;-2;;;;;2*-1;;+2;+4/p-2/b2*9-4+;8-3+;;;;;;;;;;. The van der Waals surface area contributed by atoms with Crippen LogP contribution < -0.4 is 14.2 Å². The van der Waals surface area contributed by atoms with Crippen LogP contribution in [0.2, 0.25) is 20.1 Å². The Bertz CT molecular complexity index is 3010. The number of benzene rings is 6. The molecule has 0 amide bonds. The number of aryl methyl sites for hydroxylation is 2. The minimum Gasteiger partial charge on any atom is -0.693 e. The fraction of sp³-hybridized carbons (Fsp3) is 0.190. The summed E-state index contributed by atoms with van der Waals surface area (Å²) in [7, 11) is 9.75. The molecule has 0 spiro atoms. The zero-order chi connectivity index (χ0) is 64.3. The molecule has 0 radical (unpaired) electrons. The first-order chi connectivity index (χ1) is 40.7. The SMILES string of the molecule is C.Cc1cc(C(=O)/C=C/c2ccc(OCC(=O)O)cc2)ccc1Cl.Cc1cc(C(=O)/C=C/c2ccc(OCC(=O)O)cc2)ccc1Cl.O.O=C(O)C(=O)O.O=C(O)COc1ccc(/C=C/C(=O)c2ccc(Cl)c(Cl)c2)cc1.[CH2-]C1CCCCC1[NH-].[Cl][Pt+2][Cl].[NH2-].[NH2-].[Pt+2]. The van der Waals surface area contributed by atoms with Crippen LogP contribution in [0.1, 0.15) is 92.0 Å². The van der Waals surface area contributed by atoms with Crippen LogP contribution in [0.25, 0.3) is 36.3 Å². The van der Waals surface area contributed by atoms with Gasteiger partial charge in [0.15, 0.2) is 37.2 Å². The Labute approximate surface area is 578 Å². The monoisotopic (exact) mass is 1740 g/mol. The number of rotatable bonds is 18. The normalized spacial score (nSPS) is 12.3. The molecule has 0 aliphatic heterocycles. The Morgan fingerprint density at radius 2 is 0.769 bits per heavy atom. The van der Waals surface area contributed by atoms with E-state index < -0.39 is 52.9 Å². The van der Waals surface area contributed by atoms with E-state index in [4.69, 9.17) is 120 Å². The van der Waals surface area contributed by atoms with Gasteiger partial charge in [0, 0.05) is 26.7 Å². The minimum atomic E-state index is -1.82. The third-order valence-electron chi connectivity index (χ3n) is 11.2. The summed E-state index contributed by atoms with van der Waals surface area (Å²) in [5, 5.41) is 42.4. The van der Waals surface area contributed by atoms with Crippen LogP contribution in [0.15, 0.2) is 146 Å². The topological polar surface area (TPSA) is 388 Å². The summed E-state index contributed by atoms with van der Waals surface area (Å²) in [6, 6.07) is 35.4. The van der Waals surface area contributed by atoms with Crippen molar-refractivity contribution in [3.8, 4) is 17.2 Å². The molecule has 12 N–H and O–H groups in total. The maximum absolute atomic E-state index is 12.1. The van der Waals surface area contributed by atoms with Crippen molar-refractivity contribution in [2.75, 3.05) is 19.8 Å². The predicted molar refractivity (Wildman–Crippen MR) is 351 cm³/mol. The minimum absolute atomic E-state index is 0. The first-order valence-corrected chi connectivity index (χ1v) is 32.2. The van der Waals surface area contributed by atoms with Gasteiger partial charge < -0.3 is 70.2 Å². The van der Waals surface area contributed by atoms with Crippen molar-refractivity contribution in [3.05, 3.63) is 235 Å². The molecule has 91 heavy (non-hydrogen) atoms. The van der Waals surface area contributed by atoms with Gasteiger partial charge >= 0.3 is 86.2 Å². The van der Waals surface area contributed by atoms with Crippen molar-refractivity contribution in [2.45, 2.75) is 53.0 Å². The molecule has 0 heterocycles. The number of nitrogens with one attached hydrogen (secondary N) is 1. The number of ketones is 3. The summed E-state index contributed by atoms with van der Waals surface area (Å²) in [6.07, 6.45) is 14.2. The number of carbonyl (C=O) groups excluding carboxylic acids is 3. The van der Waals surface area contributed by atoms with E-state index in [1.165, 1.54) is 43.6 Å². The number of nitrogens with two attached hydrogens (primary N) is 2. The molecule has 1 fully saturated rings. The molecule has 2 atom stereocenters. The average molecular weight is 1740 g/mol. The molecule has 2 unspecified atom stereocenters. The third kappa shape index (κ3) is 38.7. The number of ether oxygens (including phenoxy) is 3. The number of carbonyl (C=O) groups is 8. The average Bonchev–Trinajstić information content (AvgIpc) is 3.59. The Hall–Kier alpha value is -6.74. The van der Waals surface area contributed by atoms with E-state index in [9.17, 15) is 28.8 Å². The number of halogens is 6. The molecule has 1 aliphatic carbocycles. The van der Waals surface area contributed by atoms with Crippen molar-refractivity contribution >= 4 is 131 Å².